The molecule has 0 spiro atoms. The molecule has 0 unspecified atom stereocenters. The fraction of sp³-hybridized carbons (Fsp3) is 0.429. The molecule has 1 aromatic heterocycles. The molecule has 2 amide bonds. The lowest BCUT2D eigenvalue weighted by molar-refractivity contribution is -0.118. The Kier molecular flexibility index (Phi) is 5.74. The number of hydrogen-bond acceptors (Lipinski definition) is 4. The van der Waals surface area contributed by atoms with Crippen LogP contribution in [0.25, 0.3) is 0 Å². The Morgan fingerprint density at radius 1 is 1.29 bits per heavy atom. The smallest absolute Gasteiger partial charge is 0.262 e. The quantitative estimate of drug-likeness (QED) is 0.785. The summed E-state index contributed by atoms with van der Waals surface area (Å²) < 4.78 is 18.3. The molecule has 1 aromatic carbocycles. The largest absolute Gasteiger partial charge is 0.484 e. The van der Waals surface area contributed by atoms with E-state index in [1.54, 1.807) is 0 Å². The highest BCUT2D eigenvalue weighted by molar-refractivity contribution is 7.17. The molecule has 0 fully saturated rings. The number of carbonyl (C=O) groups excluding carboxylic acids is 2. The van der Waals surface area contributed by atoms with Gasteiger partial charge in [0.2, 0.25) is 0 Å². The zero-order valence-electron chi connectivity index (χ0n) is 16.3. The van der Waals surface area contributed by atoms with Crippen LogP contribution in [0.15, 0.2) is 24.3 Å². The summed E-state index contributed by atoms with van der Waals surface area (Å²) in [5.74, 6) is -0.380. The van der Waals surface area contributed by atoms with Gasteiger partial charge in [0.1, 0.15) is 16.6 Å². The lowest BCUT2D eigenvalue weighted by Gasteiger charge is -2.33. The van der Waals surface area contributed by atoms with Crippen molar-refractivity contribution in [1.82, 2.24) is 0 Å². The third kappa shape index (κ3) is 4.52. The van der Waals surface area contributed by atoms with Crippen LogP contribution < -0.4 is 15.8 Å². The topological polar surface area (TPSA) is 81.4 Å². The Labute approximate surface area is 168 Å². The van der Waals surface area contributed by atoms with Crippen LogP contribution >= 0.6 is 11.3 Å². The second-order valence-electron chi connectivity index (χ2n) is 8.17. The van der Waals surface area contributed by atoms with E-state index in [9.17, 15) is 14.0 Å². The van der Waals surface area contributed by atoms with Crippen LogP contribution in [0.3, 0.4) is 0 Å². The molecule has 2 aromatic rings. The van der Waals surface area contributed by atoms with Gasteiger partial charge in [-0.1, -0.05) is 20.8 Å². The second kappa shape index (κ2) is 7.91. The van der Waals surface area contributed by atoms with E-state index in [2.05, 4.69) is 26.1 Å². The van der Waals surface area contributed by atoms with Gasteiger partial charge in [-0.2, -0.15) is 0 Å². The van der Waals surface area contributed by atoms with Crippen LogP contribution in [0, 0.1) is 17.2 Å². The molecule has 150 valence electrons. The number of hydrogen-bond donors (Lipinski definition) is 2. The molecule has 0 saturated heterocycles. The summed E-state index contributed by atoms with van der Waals surface area (Å²) in [4.78, 5) is 25.5. The average Bonchev–Trinajstić information content (AvgIpc) is 2.97. The van der Waals surface area contributed by atoms with Gasteiger partial charge in [-0.15, -0.1) is 11.3 Å². The van der Waals surface area contributed by atoms with E-state index in [0.29, 0.717) is 22.2 Å². The summed E-state index contributed by atoms with van der Waals surface area (Å²) >= 11 is 1.42. The van der Waals surface area contributed by atoms with E-state index in [-0.39, 0.29) is 17.8 Å². The second-order valence-corrected chi connectivity index (χ2v) is 9.27. The number of halogens is 1. The maximum atomic E-state index is 12.9. The third-order valence-electron chi connectivity index (χ3n) is 5.17. The van der Waals surface area contributed by atoms with Crippen LogP contribution in [0.2, 0.25) is 0 Å². The zero-order valence-corrected chi connectivity index (χ0v) is 17.1. The number of nitrogens with two attached hydrogens (primary N) is 1. The number of thiophene rings is 1. The highest BCUT2D eigenvalue weighted by Crippen LogP contribution is 2.44. The van der Waals surface area contributed by atoms with Crippen LogP contribution in [0.1, 0.15) is 48.0 Å². The molecular formula is C21H25FN2O3S. The standard InChI is InChI=1S/C21H25FN2O3S/c1-21(2,3)12-4-9-15-16(10-12)28-20(18(15)19(23)26)24-17(25)11-27-14-7-5-13(22)6-8-14/h5-8,12H,4,9-11H2,1-3H3,(H2,23,26)(H,24,25)/t12-/m1/s1. The Hall–Kier alpha value is -2.41. The van der Waals surface area contributed by atoms with Gasteiger partial charge >= 0.3 is 0 Å². The minimum atomic E-state index is -0.526. The summed E-state index contributed by atoms with van der Waals surface area (Å²) in [6.07, 6.45) is 2.66. The van der Waals surface area contributed by atoms with Crippen molar-refractivity contribution in [2.75, 3.05) is 11.9 Å². The van der Waals surface area contributed by atoms with E-state index in [1.807, 2.05) is 0 Å². The van der Waals surface area contributed by atoms with Gasteiger partial charge in [0, 0.05) is 4.88 Å². The fourth-order valence-corrected chi connectivity index (χ4v) is 4.87. The third-order valence-corrected chi connectivity index (χ3v) is 6.34. The van der Waals surface area contributed by atoms with Crippen LogP contribution in [0.5, 0.6) is 5.75 Å². The summed E-state index contributed by atoms with van der Waals surface area (Å²) in [7, 11) is 0. The summed E-state index contributed by atoms with van der Waals surface area (Å²) in [6, 6.07) is 5.43. The van der Waals surface area contributed by atoms with E-state index in [0.717, 1.165) is 29.7 Å². The fourth-order valence-electron chi connectivity index (χ4n) is 3.52. The number of fused-ring (bicyclic) bond motifs is 1. The summed E-state index contributed by atoms with van der Waals surface area (Å²) in [5, 5.41) is 3.25. The Balaban J connectivity index is 1.73. The molecule has 0 aliphatic heterocycles. The number of anilines is 1. The number of amides is 2. The van der Waals surface area contributed by atoms with Crippen molar-refractivity contribution in [2.45, 2.75) is 40.0 Å². The number of nitrogens with one attached hydrogen (secondary N) is 1. The lowest BCUT2D eigenvalue weighted by Crippen LogP contribution is -2.27. The number of benzene rings is 1. The number of carbonyl (C=O) groups is 2. The molecule has 1 aliphatic rings. The van der Waals surface area contributed by atoms with E-state index in [4.69, 9.17) is 10.5 Å². The van der Waals surface area contributed by atoms with E-state index < -0.39 is 11.8 Å². The molecule has 28 heavy (non-hydrogen) atoms. The summed E-state index contributed by atoms with van der Waals surface area (Å²) in [6.45, 7) is 6.43. The maximum absolute atomic E-state index is 12.9. The first-order valence-electron chi connectivity index (χ1n) is 9.27. The number of ether oxygens (including phenoxy) is 1. The molecule has 0 bridgehead atoms. The van der Waals surface area contributed by atoms with Gasteiger partial charge in [0.15, 0.2) is 6.61 Å². The first-order chi connectivity index (χ1) is 13.1. The molecule has 3 rings (SSSR count). The SMILES string of the molecule is CC(C)(C)[C@@H]1CCc2c(sc(NC(=O)COc3ccc(F)cc3)c2C(N)=O)C1. The van der Waals surface area contributed by atoms with Crippen LogP contribution in [0.4, 0.5) is 9.39 Å². The minimum absolute atomic E-state index is 0.182. The summed E-state index contributed by atoms with van der Waals surface area (Å²) in [5.41, 5.74) is 7.17. The van der Waals surface area contributed by atoms with Crippen LogP contribution in [-0.4, -0.2) is 18.4 Å². The van der Waals surface area contributed by atoms with E-state index in [1.165, 1.54) is 35.6 Å². The zero-order chi connectivity index (χ0) is 20.5. The van der Waals surface area contributed by atoms with Gasteiger partial charge in [-0.05, 0) is 60.4 Å². The highest BCUT2D eigenvalue weighted by atomic mass is 32.1. The van der Waals surface area contributed by atoms with E-state index >= 15 is 0 Å². The average molecular weight is 405 g/mol. The number of primary amides is 1. The van der Waals surface area contributed by atoms with Crippen molar-refractivity contribution in [1.29, 1.82) is 0 Å². The molecular weight excluding hydrogens is 379 g/mol. The van der Waals surface area contributed by atoms with Crippen molar-refractivity contribution < 1.29 is 18.7 Å². The van der Waals surface area contributed by atoms with Gasteiger partial charge in [-0.3, -0.25) is 9.59 Å². The first-order valence-corrected chi connectivity index (χ1v) is 10.1. The lowest BCUT2D eigenvalue weighted by atomic mass is 9.72. The normalized spacial score (nSPS) is 16.4. The van der Waals surface area contributed by atoms with Crippen LogP contribution in [-0.2, 0) is 17.6 Å². The predicted octanol–water partition coefficient (Wildman–Crippen LogP) is 4.15. The maximum Gasteiger partial charge on any atom is 0.262 e. The van der Waals surface area contributed by atoms with Gasteiger partial charge < -0.3 is 15.8 Å². The van der Waals surface area contributed by atoms with Crippen molar-refractivity contribution in [3.05, 3.63) is 46.1 Å². The predicted molar refractivity (Wildman–Crippen MR) is 108 cm³/mol. The van der Waals surface area contributed by atoms with Crippen molar-refractivity contribution >= 4 is 28.2 Å². The first kappa shape index (κ1) is 20.3. The Morgan fingerprint density at radius 3 is 2.57 bits per heavy atom. The van der Waals surface area contributed by atoms with Gasteiger partial charge in [0.05, 0.1) is 5.56 Å². The molecule has 0 saturated carbocycles. The van der Waals surface area contributed by atoms with Gasteiger partial charge in [-0.25, -0.2) is 4.39 Å². The molecule has 0 radical (unpaired) electrons. The van der Waals surface area contributed by atoms with Crippen molar-refractivity contribution in [3.8, 4) is 5.75 Å². The molecule has 3 N–H and O–H groups in total. The van der Waals surface area contributed by atoms with Crippen molar-refractivity contribution in [2.24, 2.45) is 17.1 Å². The molecule has 7 heteroatoms. The molecule has 1 aliphatic carbocycles. The minimum Gasteiger partial charge on any atom is -0.484 e. The Morgan fingerprint density at radius 2 is 1.96 bits per heavy atom. The molecule has 5 nitrogen and oxygen atoms in total. The highest BCUT2D eigenvalue weighted by Gasteiger charge is 2.33. The molecule has 1 heterocycles. The molecule has 1 atom stereocenters. The Bertz CT molecular complexity index is 884. The van der Waals surface area contributed by atoms with Gasteiger partial charge in [0.25, 0.3) is 11.8 Å². The van der Waals surface area contributed by atoms with Crippen molar-refractivity contribution in [3.63, 3.8) is 0 Å². The number of rotatable bonds is 5. The monoisotopic (exact) mass is 404 g/mol.